The van der Waals surface area contributed by atoms with Crippen LogP contribution in [0, 0.1) is 11.3 Å². The van der Waals surface area contributed by atoms with E-state index in [1.54, 1.807) is 24.3 Å². The van der Waals surface area contributed by atoms with Crippen LogP contribution in [-0.2, 0) is 16.3 Å². The molecule has 1 unspecified atom stereocenters. The average molecular weight is 223 g/mol. The molecule has 0 aliphatic carbocycles. The molecule has 3 N–H and O–H groups in total. The summed E-state index contributed by atoms with van der Waals surface area (Å²) in [6, 6.07) is 8.89. The van der Waals surface area contributed by atoms with Gasteiger partial charge >= 0.3 is 0 Å². The van der Waals surface area contributed by atoms with E-state index in [1.165, 1.54) is 0 Å². The fraction of sp³-hybridized carbons (Fsp3) is 0.200. The van der Waals surface area contributed by atoms with Crippen molar-refractivity contribution >= 4 is 15.6 Å². The first-order chi connectivity index (χ1) is 7.10. The normalized spacial score (nSPS) is 14.1. The summed E-state index contributed by atoms with van der Waals surface area (Å²) >= 11 is 0. The molecule has 1 aromatic rings. The smallest absolute Gasteiger partial charge is 0.0952 e. The lowest BCUT2D eigenvalue weighted by Crippen LogP contribution is -2.23. The SMILES string of the molecule is C=S(=O)(NCC#N)c1ccc(CN)cc1. The standard InChI is InChI=1S/C10H13N3OS/c1-15(14,13-7-6-11)10-4-2-9(8-12)3-5-10/h2-5H,1,7-8,12H2,(H,13,14). The highest BCUT2D eigenvalue weighted by Crippen LogP contribution is 2.09. The second kappa shape index (κ2) is 4.94. The fourth-order valence-corrected chi connectivity index (χ4v) is 2.12. The highest BCUT2D eigenvalue weighted by molar-refractivity contribution is 7.98. The van der Waals surface area contributed by atoms with Crippen molar-refractivity contribution < 1.29 is 4.21 Å². The second-order valence-electron chi connectivity index (χ2n) is 3.00. The Labute approximate surface area is 89.9 Å². The van der Waals surface area contributed by atoms with E-state index >= 15 is 0 Å². The molecule has 4 nitrogen and oxygen atoms in total. The quantitative estimate of drug-likeness (QED) is 0.567. The van der Waals surface area contributed by atoms with Crippen molar-refractivity contribution in [2.45, 2.75) is 11.4 Å². The third kappa shape index (κ3) is 3.06. The van der Waals surface area contributed by atoms with Crippen molar-refractivity contribution in [1.82, 2.24) is 4.72 Å². The molecule has 0 aromatic heterocycles. The molecule has 0 aliphatic heterocycles. The van der Waals surface area contributed by atoms with E-state index in [0.717, 1.165) is 5.56 Å². The van der Waals surface area contributed by atoms with Crippen molar-refractivity contribution in [2.75, 3.05) is 6.54 Å². The van der Waals surface area contributed by atoms with Crippen molar-refractivity contribution in [3.05, 3.63) is 29.8 Å². The molecular formula is C10H13N3OS. The minimum Gasteiger partial charge on any atom is -0.326 e. The van der Waals surface area contributed by atoms with Gasteiger partial charge in [0.2, 0.25) is 0 Å². The molecule has 1 rings (SSSR count). The van der Waals surface area contributed by atoms with E-state index in [9.17, 15) is 4.21 Å². The summed E-state index contributed by atoms with van der Waals surface area (Å²) in [7, 11) is -2.56. The number of nitrogens with one attached hydrogen (secondary N) is 1. The van der Waals surface area contributed by atoms with Crippen molar-refractivity contribution in [1.29, 1.82) is 5.26 Å². The Kier molecular flexibility index (Phi) is 3.86. The molecule has 0 amide bonds. The summed E-state index contributed by atoms with van der Waals surface area (Å²) in [6.07, 6.45) is 0. The predicted molar refractivity (Wildman–Crippen MR) is 61.5 cm³/mol. The molecule has 0 fully saturated rings. The molecule has 1 atom stereocenters. The van der Waals surface area contributed by atoms with E-state index in [2.05, 4.69) is 10.6 Å². The lowest BCUT2D eigenvalue weighted by Gasteiger charge is -2.09. The third-order valence-electron chi connectivity index (χ3n) is 1.92. The van der Waals surface area contributed by atoms with Gasteiger partial charge in [0, 0.05) is 11.4 Å². The van der Waals surface area contributed by atoms with Crippen LogP contribution in [0.25, 0.3) is 0 Å². The maximum atomic E-state index is 11.9. The maximum Gasteiger partial charge on any atom is 0.0952 e. The zero-order chi connectivity index (χ0) is 11.3. The minimum atomic E-state index is -2.56. The zero-order valence-corrected chi connectivity index (χ0v) is 9.09. The first-order valence-electron chi connectivity index (χ1n) is 4.38. The number of rotatable bonds is 4. The van der Waals surface area contributed by atoms with Gasteiger partial charge in [-0.3, -0.25) is 0 Å². The number of benzene rings is 1. The first kappa shape index (κ1) is 11.7. The number of nitriles is 1. The van der Waals surface area contributed by atoms with Gasteiger partial charge < -0.3 is 5.73 Å². The fourth-order valence-electron chi connectivity index (χ4n) is 1.08. The molecule has 5 heteroatoms. The van der Waals surface area contributed by atoms with E-state index in [1.807, 2.05) is 6.07 Å². The second-order valence-corrected chi connectivity index (χ2v) is 5.11. The number of hydrogen-bond acceptors (Lipinski definition) is 3. The van der Waals surface area contributed by atoms with Crippen LogP contribution in [0.3, 0.4) is 0 Å². The summed E-state index contributed by atoms with van der Waals surface area (Å²) < 4.78 is 14.5. The zero-order valence-electron chi connectivity index (χ0n) is 8.27. The minimum absolute atomic E-state index is 0.0149. The van der Waals surface area contributed by atoms with Gasteiger partial charge in [-0.15, -0.1) is 0 Å². The van der Waals surface area contributed by atoms with Crippen LogP contribution in [0.4, 0.5) is 0 Å². The molecule has 0 radical (unpaired) electrons. The Hall–Kier alpha value is -1.35. The highest BCUT2D eigenvalue weighted by Gasteiger charge is 2.05. The Balaban J connectivity index is 2.92. The van der Waals surface area contributed by atoms with Crippen LogP contribution >= 0.6 is 0 Å². The lowest BCUT2D eigenvalue weighted by molar-refractivity contribution is 0.673. The highest BCUT2D eigenvalue weighted by atomic mass is 32.2. The Bertz CT molecular complexity index is 456. The molecule has 0 saturated heterocycles. The summed E-state index contributed by atoms with van der Waals surface area (Å²) in [5.41, 5.74) is 6.41. The third-order valence-corrected chi connectivity index (χ3v) is 3.57. The lowest BCUT2D eigenvalue weighted by atomic mass is 10.2. The first-order valence-corrected chi connectivity index (χ1v) is 6.10. The van der Waals surface area contributed by atoms with Gasteiger partial charge in [-0.25, -0.2) is 8.93 Å². The molecule has 0 bridgehead atoms. The molecule has 0 saturated carbocycles. The van der Waals surface area contributed by atoms with E-state index in [4.69, 9.17) is 11.0 Å². The molecule has 0 spiro atoms. The van der Waals surface area contributed by atoms with Gasteiger partial charge in [0.15, 0.2) is 0 Å². The van der Waals surface area contributed by atoms with E-state index in [-0.39, 0.29) is 6.54 Å². The Morgan fingerprint density at radius 3 is 2.53 bits per heavy atom. The van der Waals surface area contributed by atoms with Gasteiger partial charge in [-0.1, -0.05) is 12.1 Å². The van der Waals surface area contributed by atoms with Crippen LogP contribution in [0.1, 0.15) is 5.56 Å². The monoisotopic (exact) mass is 223 g/mol. The summed E-state index contributed by atoms with van der Waals surface area (Å²) in [5, 5.41) is 8.38. The van der Waals surface area contributed by atoms with Gasteiger partial charge in [-0.2, -0.15) is 5.26 Å². The molecule has 15 heavy (non-hydrogen) atoms. The average Bonchev–Trinajstić information content (AvgIpc) is 2.26. The van der Waals surface area contributed by atoms with E-state index in [0.29, 0.717) is 11.4 Å². The topological polar surface area (TPSA) is 78.9 Å². The van der Waals surface area contributed by atoms with Crippen molar-refractivity contribution in [3.8, 4) is 6.07 Å². The number of nitrogens with zero attached hydrogens (tertiary/aromatic N) is 1. The largest absolute Gasteiger partial charge is 0.326 e. The van der Waals surface area contributed by atoms with Gasteiger partial charge in [-0.05, 0) is 23.6 Å². The van der Waals surface area contributed by atoms with Gasteiger partial charge in [0.05, 0.1) is 22.3 Å². The molecule has 0 heterocycles. The number of hydrogen-bond donors (Lipinski definition) is 2. The van der Waals surface area contributed by atoms with Gasteiger partial charge in [0.25, 0.3) is 0 Å². The Morgan fingerprint density at radius 1 is 1.47 bits per heavy atom. The van der Waals surface area contributed by atoms with Crippen LogP contribution in [0.15, 0.2) is 29.2 Å². The maximum absolute atomic E-state index is 11.9. The van der Waals surface area contributed by atoms with Gasteiger partial charge in [0.1, 0.15) is 0 Å². The van der Waals surface area contributed by atoms with Crippen LogP contribution in [0.5, 0.6) is 0 Å². The summed E-state index contributed by atoms with van der Waals surface area (Å²) in [6.45, 7) is 0.464. The molecule has 1 aromatic carbocycles. The Morgan fingerprint density at radius 2 is 2.07 bits per heavy atom. The van der Waals surface area contributed by atoms with Crippen LogP contribution < -0.4 is 10.5 Å². The molecule has 0 aliphatic rings. The summed E-state index contributed by atoms with van der Waals surface area (Å²) in [5.74, 6) is 3.57. The van der Waals surface area contributed by atoms with Crippen LogP contribution in [-0.4, -0.2) is 16.6 Å². The molecular weight excluding hydrogens is 210 g/mol. The summed E-state index contributed by atoms with van der Waals surface area (Å²) in [4.78, 5) is 0.579. The predicted octanol–water partition coefficient (Wildman–Crippen LogP) is 0.249. The van der Waals surface area contributed by atoms with E-state index < -0.39 is 9.71 Å². The number of nitrogens with two attached hydrogens (primary N) is 1. The van der Waals surface area contributed by atoms with Crippen LogP contribution in [0.2, 0.25) is 0 Å². The van der Waals surface area contributed by atoms with Crippen molar-refractivity contribution in [3.63, 3.8) is 0 Å². The molecule has 80 valence electrons. The van der Waals surface area contributed by atoms with Crippen molar-refractivity contribution in [2.24, 2.45) is 5.73 Å².